The van der Waals surface area contributed by atoms with E-state index in [0.717, 1.165) is 13.0 Å². The minimum atomic E-state index is 0.0591. The van der Waals surface area contributed by atoms with Crippen LogP contribution in [-0.4, -0.2) is 12.5 Å². The lowest BCUT2D eigenvalue weighted by molar-refractivity contribution is -0.128. The Labute approximate surface area is 88.5 Å². The van der Waals surface area contributed by atoms with Crippen molar-refractivity contribution < 1.29 is 4.79 Å². The van der Waals surface area contributed by atoms with Crippen molar-refractivity contribution in [2.45, 2.75) is 48.0 Å². The monoisotopic (exact) mass is 199 g/mol. The van der Waals surface area contributed by atoms with Gasteiger partial charge < -0.3 is 5.32 Å². The van der Waals surface area contributed by atoms with E-state index in [2.05, 4.69) is 39.9 Å². The average Bonchev–Trinajstić information content (AvgIpc) is 1.98. The number of hydrogen-bond donors (Lipinski definition) is 1. The van der Waals surface area contributed by atoms with Gasteiger partial charge in [-0.05, 0) is 24.7 Å². The molecular weight excluding hydrogens is 174 g/mol. The zero-order valence-electron chi connectivity index (χ0n) is 10.5. The molecule has 1 atom stereocenters. The molecule has 0 spiro atoms. The summed E-state index contributed by atoms with van der Waals surface area (Å²) in [5, 5.41) is 2.92. The molecular formula is C12H25NO. The quantitative estimate of drug-likeness (QED) is 0.741. The van der Waals surface area contributed by atoms with Crippen LogP contribution in [-0.2, 0) is 4.79 Å². The summed E-state index contributed by atoms with van der Waals surface area (Å²) >= 11 is 0. The Morgan fingerprint density at radius 2 is 1.79 bits per heavy atom. The van der Waals surface area contributed by atoms with E-state index in [4.69, 9.17) is 0 Å². The maximum Gasteiger partial charge on any atom is 0.223 e. The second-order valence-corrected chi connectivity index (χ2v) is 5.44. The predicted octanol–water partition coefficient (Wildman–Crippen LogP) is 2.83. The van der Waals surface area contributed by atoms with Crippen molar-refractivity contribution in [3.8, 4) is 0 Å². The molecule has 2 heteroatoms. The largest absolute Gasteiger partial charge is 0.356 e. The summed E-state index contributed by atoms with van der Waals surface area (Å²) < 4.78 is 0. The summed E-state index contributed by atoms with van der Waals surface area (Å²) in [4.78, 5) is 11.8. The standard InChI is InChI=1S/C12H25NO/c1-7-13-11(14)10(8-9(2)3)12(4,5)6/h9-10H,7-8H2,1-6H3,(H,13,14)/t10-/m0/s1. The summed E-state index contributed by atoms with van der Waals surface area (Å²) in [6, 6.07) is 0. The molecule has 0 aromatic carbocycles. The Balaban J connectivity index is 4.47. The van der Waals surface area contributed by atoms with Crippen LogP contribution >= 0.6 is 0 Å². The summed E-state index contributed by atoms with van der Waals surface area (Å²) in [5.74, 6) is 0.901. The Morgan fingerprint density at radius 1 is 1.29 bits per heavy atom. The molecule has 84 valence electrons. The summed E-state index contributed by atoms with van der Waals surface area (Å²) in [6.45, 7) is 13.4. The van der Waals surface area contributed by atoms with E-state index in [1.807, 2.05) is 6.92 Å². The minimum absolute atomic E-state index is 0.0591. The first-order valence-electron chi connectivity index (χ1n) is 5.56. The van der Waals surface area contributed by atoms with Crippen molar-refractivity contribution in [1.29, 1.82) is 0 Å². The number of carbonyl (C=O) groups is 1. The molecule has 0 rings (SSSR count). The van der Waals surface area contributed by atoms with Gasteiger partial charge in [0.2, 0.25) is 5.91 Å². The third-order valence-electron chi connectivity index (χ3n) is 2.42. The van der Waals surface area contributed by atoms with Gasteiger partial charge in [-0.3, -0.25) is 4.79 Å². The zero-order valence-corrected chi connectivity index (χ0v) is 10.5. The summed E-state index contributed by atoms with van der Waals surface area (Å²) in [5.41, 5.74) is 0.0591. The van der Waals surface area contributed by atoms with Gasteiger partial charge in [-0.1, -0.05) is 34.6 Å². The maximum atomic E-state index is 11.8. The third kappa shape index (κ3) is 4.64. The predicted molar refractivity (Wildman–Crippen MR) is 61.1 cm³/mol. The molecule has 0 heterocycles. The fraction of sp³-hybridized carbons (Fsp3) is 0.917. The van der Waals surface area contributed by atoms with Crippen LogP contribution in [0.25, 0.3) is 0 Å². The second kappa shape index (κ2) is 5.38. The maximum absolute atomic E-state index is 11.8. The van der Waals surface area contributed by atoms with Crippen molar-refractivity contribution in [1.82, 2.24) is 5.32 Å². The summed E-state index contributed by atoms with van der Waals surface area (Å²) in [6.07, 6.45) is 0.968. The molecule has 0 bridgehead atoms. The highest BCUT2D eigenvalue weighted by Crippen LogP contribution is 2.31. The highest BCUT2D eigenvalue weighted by Gasteiger charge is 2.31. The first-order valence-corrected chi connectivity index (χ1v) is 5.56. The number of carbonyl (C=O) groups excluding carboxylic acids is 1. The van der Waals surface area contributed by atoms with Crippen molar-refractivity contribution >= 4 is 5.91 Å². The molecule has 2 nitrogen and oxygen atoms in total. The fourth-order valence-electron chi connectivity index (χ4n) is 1.62. The number of hydrogen-bond acceptors (Lipinski definition) is 1. The smallest absolute Gasteiger partial charge is 0.223 e. The lowest BCUT2D eigenvalue weighted by Crippen LogP contribution is -2.38. The van der Waals surface area contributed by atoms with Crippen molar-refractivity contribution in [3.05, 3.63) is 0 Å². The van der Waals surface area contributed by atoms with E-state index in [9.17, 15) is 4.79 Å². The minimum Gasteiger partial charge on any atom is -0.356 e. The van der Waals surface area contributed by atoms with E-state index in [1.165, 1.54) is 0 Å². The molecule has 0 aromatic rings. The SMILES string of the molecule is CCNC(=O)[C@H](CC(C)C)C(C)(C)C. The van der Waals surface area contributed by atoms with Gasteiger partial charge in [0, 0.05) is 12.5 Å². The van der Waals surface area contributed by atoms with Gasteiger partial charge >= 0.3 is 0 Å². The van der Waals surface area contributed by atoms with E-state index in [-0.39, 0.29) is 17.2 Å². The van der Waals surface area contributed by atoms with Crippen LogP contribution in [0.15, 0.2) is 0 Å². The molecule has 0 saturated carbocycles. The molecule has 0 aromatic heterocycles. The van der Waals surface area contributed by atoms with E-state index < -0.39 is 0 Å². The molecule has 0 aliphatic heterocycles. The normalized spacial score (nSPS) is 14.2. The van der Waals surface area contributed by atoms with Crippen molar-refractivity contribution in [3.63, 3.8) is 0 Å². The molecule has 0 saturated heterocycles. The highest BCUT2D eigenvalue weighted by molar-refractivity contribution is 5.79. The van der Waals surface area contributed by atoms with Gasteiger partial charge in [-0.2, -0.15) is 0 Å². The Bertz CT molecular complexity index is 179. The molecule has 1 amide bonds. The Morgan fingerprint density at radius 3 is 2.07 bits per heavy atom. The van der Waals surface area contributed by atoms with Gasteiger partial charge in [-0.25, -0.2) is 0 Å². The number of amides is 1. The second-order valence-electron chi connectivity index (χ2n) is 5.44. The Hall–Kier alpha value is -0.530. The molecule has 14 heavy (non-hydrogen) atoms. The van der Waals surface area contributed by atoms with Gasteiger partial charge in [0.15, 0.2) is 0 Å². The fourth-order valence-corrected chi connectivity index (χ4v) is 1.62. The van der Waals surface area contributed by atoms with Crippen LogP contribution in [0.5, 0.6) is 0 Å². The number of rotatable bonds is 4. The average molecular weight is 199 g/mol. The molecule has 0 aliphatic carbocycles. The highest BCUT2D eigenvalue weighted by atomic mass is 16.1. The van der Waals surface area contributed by atoms with Crippen molar-refractivity contribution in [2.75, 3.05) is 6.54 Å². The first-order chi connectivity index (χ1) is 6.29. The van der Waals surface area contributed by atoms with E-state index in [1.54, 1.807) is 0 Å². The molecule has 0 aliphatic rings. The van der Waals surface area contributed by atoms with E-state index in [0.29, 0.717) is 5.92 Å². The van der Waals surface area contributed by atoms with Gasteiger partial charge in [0.25, 0.3) is 0 Å². The topological polar surface area (TPSA) is 29.1 Å². The first kappa shape index (κ1) is 13.5. The Kier molecular flexibility index (Phi) is 5.17. The van der Waals surface area contributed by atoms with Crippen LogP contribution in [0, 0.1) is 17.3 Å². The van der Waals surface area contributed by atoms with Crippen molar-refractivity contribution in [2.24, 2.45) is 17.3 Å². The van der Waals surface area contributed by atoms with Crippen LogP contribution < -0.4 is 5.32 Å². The van der Waals surface area contributed by atoms with Gasteiger partial charge in [-0.15, -0.1) is 0 Å². The molecule has 0 unspecified atom stereocenters. The van der Waals surface area contributed by atoms with Crippen LogP contribution in [0.1, 0.15) is 48.0 Å². The van der Waals surface area contributed by atoms with E-state index >= 15 is 0 Å². The van der Waals surface area contributed by atoms with Crippen LogP contribution in [0.3, 0.4) is 0 Å². The van der Waals surface area contributed by atoms with Gasteiger partial charge in [0.05, 0.1) is 0 Å². The lowest BCUT2D eigenvalue weighted by atomic mass is 9.76. The zero-order chi connectivity index (χ0) is 11.4. The van der Waals surface area contributed by atoms with Crippen LogP contribution in [0.4, 0.5) is 0 Å². The molecule has 0 radical (unpaired) electrons. The van der Waals surface area contributed by atoms with Crippen LogP contribution in [0.2, 0.25) is 0 Å². The summed E-state index contributed by atoms with van der Waals surface area (Å²) in [7, 11) is 0. The lowest BCUT2D eigenvalue weighted by Gasteiger charge is -2.30. The molecule has 1 N–H and O–H groups in total. The van der Waals surface area contributed by atoms with Gasteiger partial charge in [0.1, 0.15) is 0 Å². The molecule has 0 fully saturated rings. The number of nitrogens with one attached hydrogen (secondary N) is 1. The third-order valence-corrected chi connectivity index (χ3v) is 2.42.